The highest BCUT2D eigenvalue weighted by molar-refractivity contribution is 5.20. The Balaban J connectivity index is 1.73. The van der Waals surface area contributed by atoms with Crippen LogP contribution in [0.4, 0.5) is 0 Å². The molecule has 0 N–H and O–H groups in total. The molecule has 22 heavy (non-hydrogen) atoms. The van der Waals surface area contributed by atoms with Crippen molar-refractivity contribution in [2.45, 2.75) is 77.0 Å². The zero-order valence-electron chi connectivity index (χ0n) is 14.1. The van der Waals surface area contributed by atoms with Gasteiger partial charge in [0.05, 0.1) is 13.2 Å². The van der Waals surface area contributed by atoms with E-state index in [1.54, 1.807) is 0 Å². The molecule has 0 amide bonds. The van der Waals surface area contributed by atoms with Crippen molar-refractivity contribution in [3.05, 3.63) is 30.3 Å². The first-order valence-electron chi connectivity index (χ1n) is 9.19. The molecule has 0 spiro atoms. The fraction of sp³-hybridized carbons (Fsp3) is 0.700. The Morgan fingerprint density at radius 2 is 1.05 bits per heavy atom. The van der Waals surface area contributed by atoms with E-state index in [4.69, 9.17) is 4.74 Å². The lowest BCUT2D eigenvalue weighted by Gasteiger charge is -2.06. The van der Waals surface area contributed by atoms with Crippen molar-refractivity contribution in [2.24, 2.45) is 0 Å². The van der Waals surface area contributed by atoms with Gasteiger partial charge in [0.2, 0.25) is 0 Å². The van der Waals surface area contributed by atoms with Gasteiger partial charge in [-0.15, -0.1) is 0 Å². The standard InChI is InChI=1S/C20H33O2/c21-18-14-9-7-5-3-1-2-4-6-8-10-15-19-22-20-16-12-11-13-17-20/h11-13,16-17H,1-10,14-15,18-19H2. The Hall–Kier alpha value is -1.02. The van der Waals surface area contributed by atoms with Gasteiger partial charge in [0, 0.05) is 0 Å². The molecule has 1 radical (unpaired) electrons. The molecule has 0 saturated carbocycles. The summed E-state index contributed by atoms with van der Waals surface area (Å²) < 4.78 is 5.69. The third-order valence-electron chi connectivity index (χ3n) is 4.05. The van der Waals surface area contributed by atoms with Gasteiger partial charge in [-0.25, -0.2) is 5.11 Å². The maximum atomic E-state index is 10.3. The molecule has 2 heteroatoms. The SMILES string of the molecule is [O]CCCCCCCCCCCCCCOc1ccccc1. The highest BCUT2D eigenvalue weighted by Crippen LogP contribution is 2.13. The van der Waals surface area contributed by atoms with E-state index in [2.05, 4.69) is 0 Å². The van der Waals surface area contributed by atoms with Gasteiger partial charge in [-0.1, -0.05) is 82.4 Å². The number of para-hydroxylation sites is 1. The van der Waals surface area contributed by atoms with E-state index in [-0.39, 0.29) is 6.61 Å². The van der Waals surface area contributed by atoms with Gasteiger partial charge in [-0.05, 0) is 25.0 Å². The van der Waals surface area contributed by atoms with Crippen LogP contribution >= 0.6 is 0 Å². The van der Waals surface area contributed by atoms with Crippen LogP contribution in [0.1, 0.15) is 77.0 Å². The van der Waals surface area contributed by atoms with Crippen molar-refractivity contribution in [1.82, 2.24) is 0 Å². The van der Waals surface area contributed by atoms with Crippen LogP contribution in [-0.2, 0) is 5.11 Å². The van der Waals surface area contributed by atoms with Crippen LogP contribution in [0.25, 0.3) is 0 Å². The molecule has 0 aliphatic carbocycles. The smallest absolute Gasteiger partial charge is 0.119 e. The Bertz CT molecular complexity index is 324. The molecule has 0 aromatic heterocycles. The van der Waals surface area contributed by atoms with Crippen LogP contribution in [0.15, 0.2) is 30.3 Å². The number of hydrogen-bond donors (Lipinski definition) is 0. The molecule has 0 aliphatic rings. The molecule has 2 nitrogen and oxygen atoms in total. The molecule has 125 valence electrons. The maximum Gasteiger partial charge on any atom is 0.119 e. The second kappa shape index (κ2) is 14.9. The molecule has 0 atom stereocenters. The summed E-state index contributed by atoms with van der Waals surface area (Å²) in [6, 6.07) is 10.1. The molecular formula is C20H33O2. The third kappa shape index (κ3) is 11.6. The number of rotatable bonds is 15. The zero-order chi connectivity index (χ0) is 15.7. The molecule has 0 heterocycles. The van der Waals surface area contributed by atoms with E-state index in [1.165, 1.54) is 57.8 Å². The summed E-state index contributed by atoms with van der Waals surface area (Å²) in [5.74, 6) is 0.984. The minimum Gasteiger partial charge on any atom is -0.494 e. The summed E-state index contributed by atoms with van der Waals surface area (Å²) in [7, 11) is 0. The van der Waals surface area contributed by atoms with Gasteiger partial charge < -0.3 is 4.74 Å². The van der Waals surface area contributed by atoms with Crippen molar-refractivity contribution in [1.29, 1.82) is 0 Å². The topological polar surface area (TPSA) is 29.1 Å². The highest BCUT2D eigenvalue weighted by atomic mass is 16.5. The average molecular weight is 305 g/mol. The van der Waals surface area contributed by atoms with Gasteiger partial charge in [-0.3, -0.25) is 0 Å². The molecule has 0 unspecified atom stereocenters. The first-order chi connectivity index (χ1) is 10.9. The second-order valence-corrected chi connectivity index (χ2v) is 6.11. The maximum absolute atomic E-state index is 10.3. The van der Waals surface area contributed by atoms with Crippen LogP contribution in [-0.4, -0.2) is 13.2 Å². The highest BCUT2D eigenvalue weighted by Gasteiger charge is 1.95. The lowest BCUT2D eigenvalue weighted by molar-refractivity contribution is 0.186. The number of hydrogen-bond acceptors (Lipinski definition) is 1. The van der Waals surface area contributed by atoms with Gasteiger partial charge in [0.1, 0.15) is 5.75 Å². The van der Waals surface area contributed by atoms with Crippen molar-refractivity contribution in [3.8, 4) is 5.75 Å². The lowest BCUT2D eigenvalue weighted by atomic mass is 10.1. The van der Waals surface area contributed by atoms with Crippen LogP contribution in [0.2, 0.25) is 0 Å². The molecule has 0 saturated heterocycles. The van der Waals surface area contributed by atoms with E-state index >= 15 is 0 Å². The van der Waals surface area contributed by atoms with Crippen LogP contribution < -0.4 is 4.74 Å². The summed E-state index contributed by atoms with van der Waals surface area (Å²) in [5, 5.41) is 10.3. The van der Waals surface area contributed by atoms with Gasteiger partial charge in [0.15, 0.2) is 0 Å². The molecule has 1 rings (SSSR count). The largest absolute Gasteiger partial charge is 0.494 e. The minimum absolute atomic E-state index is 0.108. The van der Waals surface area contributed by atoms with Gasteiger partial charge in [-0.2, -0.15) is 0 Å². The van der Waals surface area contributed by atoms with Crippen molar-refractivity contribution in [3.63, 3.8) is 0 Å². The number of benzene rings is 1. The Morgan fingerprint density at radius 1 is 0.591 bits per heavy atom. The normalized spacial score (nSPS) is 10.8. The van der Waals surface area contributed by atoms with Crippen LogP contribution in [0.5, 0.6) is 5.75 Å². The lowest BCUT2D eigenvalue weighted by Crippen LogP contribution is -1.96. The summed E-state index contributed by atoms with van der Waals surface area (Å²) in [4.78, 5) is 0. The van der Waals surface area contributed by atoms with E-state index < -0.39 is 0 Å². The van der Waals surface area contributed by atoms with E-state index in [0.717, 1.165) is 31.6 Å². The van der Waals surface area contributed by atoms with Crippen LogP contribution in [0.3, 0.4) is 0 Å². The van der Waals surface area contributed by atoms with Crippen molar-refractivity contribution in [2.75, 3.05) is 13.2 Å². The first kappa shape index (κ1) is 19.0. The van der Waals surface area contributed by atoms with E-state index in [9.17, 15) is 5.11 Å². The molecule has 0 fully saturated rings. The summed E-state index contributed by atoms with van der Waals surface area (Å²) >= 11 is 0. The predicted molar refractivity (Wildman–Crippen MR) is 92.9 cm³/mol. The van der Waals surface area contributed by atoms with E-state index in [0.29, 0.717) is 0 Å². The average Bonchev–Trinajstić information content (AvgIpc) is 2.56. The van der Waals surface area contributed by atoms with Gasteiger partial charge >= 0.3 is 0 Å². The van der Waals surface area contributed by atoms with Crippen LogP contribution in [0, 0.1) is 0 Å². The van der Waals surface area contributed by atoms with Crippen molar-refractivity contribution >= 4 is 0 Å². The van der Waals surface area contributed by atoms with Crippen molar-refractivity contribution < 1.29 is 9.84 Å². The monoisotopic (exact) mass is 305 g/mol. The Kier molecular flexibility index (Phi) is 12.9. The number of ether oxygens (including phenoxy) is 1. The molecular weight excluding hydrogens is 272 g/mol. The number of unbranched alkanes of at least 4 members (excludes halogenated alkanes) is 11. The summed E-state index contributed by atoms with van der Waals surface area (Å²) in [6.07, 6.45) is 15.2. The molecule has 1 aromatic rings. The quantitative estimate of drug-likeness (QED) is 0.356. The molecule has 0 aliphatic heterocycles. The summed E-state index contributed by atoms with van der Waals surface area (Å²) in [5.41, 5.74) is 0. The first-order valence-corrected chi connectivity index (χ1v) is 9.19. The molecule has 0 bridgehead atoms. The Labute approximate surface area is 136 Å². The summed E-state index contributed by atoms with van der Waals surface area (Å²) in [6.45, 7) is 0.948. The molecule has 1 aromatic carbocycles. The predicted octanol–water partition coefficient (Wildman–Crippen LogP) is 6.18. The Morgan fingerprint density at radius 3 is 1.55 bits per heavy atom. The third-order valence-corrected chi connectivity index (χ3v) is 4.05. The fourth-order valence-corrected chi connectivity index (χ4v) is 2.68. The van der Waals surface area contributed by atoms with E-state index in [1.807, 2.05) is 30.3 Å². The van der Waals surface area contributed by atoms with Gasteiger partial charge in [0.25, 0.3) is 0 Å². The zero-order valence-corrected chi connectivity index (χ0v) is 14.1. The fourth-order valence-electron chi connectivity index (χ4n) is 2.68. The second-order valence-electron chi connectivity index (χ2n) is 6.11. The minimum atomic E-state index is 0.108.